The number of rotatable bonds is 7. The lowest BCUT2D eigenvalue weighted by atomic mass is 9.92. The molecule has 1 atom stereocenters. The molecule has 0 bridgehead atoms. The van der Waals surface area contributed by atoms with Crippen molar-refractivity contribution in [3.05, 3.63) is 29.6 Å². The Balaban J connectivity index is 2.84. The van der Waals surface area contributed by atoms with Crippen LogP contribution in [-0.2, 0) is 11.2 Å². The summed E-state index contributed by atoms with van der Waals surface area (Å²) in [5.74, 6) is 5.45. The molecule has 0 radical (unpaired) electrons. The molecule has 0 heterocycles. The fraction of sp³-hybridized carbons (Fsp3) is 0.571. The first-order chi connectivity index (χ1) is 8.94. The predicted molar refractivity (Wildman–Crippen MR) is 73.5 cm³/mol. The van der Waals surface area contributed by atoms with Crippen LogP contribution in [0.3, 0.4) is 0 Å². The summed E-state index contributed by atoms with van der Waals surface area (Å²) in [6.45, 7) is 6.45. The number of ether oxygens (including phenoxy) is 2. The van der Waals surface area contributed by atoms with Crippen molar-refractivity contribution in [2.75, 3.05) is 13.7 Å². The number of methoxy groups -OCH3 is 1. The quantitative estimate of drug-likeness (QED) is 0.588. The third kappa shape index (κ3) is 4.16. The second kappa shape index (κ2) is 6.84. The average Bonchev–Trinajstić information content (AvgIpc) is 2.35. The Morgan fingerprint density at radius 3 is 2.58 bits per heavy atom. The molecule has 0 amide bonds. The summed E-state index contributed by atoms with van der Waals surface area (Å²) >= 11 is 0. The van der Waals surface area contributed by atoms with Crippen LogP contribution in [0.2, 0.25) is 0 Å². The highest BCUT2D eigenvalue weighted by molar-refractivity contribution is 5.30. The molecule has 4 nitrogen and oxygen atoms in total. The van der Waals surface area contributed by atoms with E-state index in [2.05, 4.69) is 5.43 Å². The molecular formula is C14H23FN2O2. The Morgan fingerprint density at radius 2 is 2.11 bits per heavy atom. The van der Waals surface area contributed by atoms with Gasteiger partial charge in [-0.15, -0.1) is 0 Å². The van der Waals surface area contributed by atoms with Gasteiger partial charge in [0, 0.05) is 6.61 Å². The molecule has 0 fully saturated rings. The molecule has 1 rings (SSSR count). The third-order valence-electron chi connectivity index (χ3n) is 3.21. The fourth-order valence-electron chi connectivity index (χ4n) is 2.05. The van der Waals surface area contributed by atoms with Gasteiger partial charge in [-0.3, -0.25) is 11.3 Å². The number of benzene rings is 1. The summed E-state index contributed by atoms with van der Waals surface area (Å²) < 4.78 is 24.2. The van der Waals surface area contributed by atoms with E-state index in [9.17, 15) is 4.39 Å². The molecule has 5 heteroatoms. The zero-order chi connectivity index (χ0) is 14.5. The summed E-state index contributed by atoms with van der Waals surface area (Å²) in [6, 6.07) is 4.80. The standard InChI is InChI=1S/C14H23FN2O2/c1-5-19-14(2,3)13(17-16)9-10-6-7-12(18-4)11(15)8-10/h6-8,13,17H,5,9,16H2,1-4H3. The van der Waals surface area contributed by atoms with Crippen LogP contribution in [0.4, 0.5) is 4.39 Å². The zero-order valence-electron chi connectivity index (χ0n) is 12.0. The van der Waals surface area contributed by atoms with Crippen molar-refractivity contribution in [1.29, 1.82) is 0 Å². The van der Waals surface area contributed by atoms with E-state index in [1.54, 1.807) is 6.07 Å². The minimum Gasteiger partial charge on any atom is -0.494 e. The van der Waals surface area contributed by atoms with E-state index < -0.39 is 5.60 Å². The van der Waals surface area contributed by atoms with Crippen molar-refractivity contribution in [3.8, 4) is 5.75 Å². The number of halogens is 1. The Labute approximate surface area is 114 Å². The van der Waals surface area contributed by atoms with E-state index in [1.165, 1.54) is 13.2 Å². The van der Waals surface area contributed by atoms with E-state index >= 15 is 0 Å². The van der Waals surface area contributed by atoms with Gasteiger partial charge in [0.1, 0.15) is 0 Å². The minimum atomic E-state index is -0.431. The van der Waals surface area contributed by atoms with Crippen molar-refractivity contribution >= 4 is 0 Å². The monoisotopic (exact) mass is 270 g/mol. The summed E-state index contributed by atoms with van der Waals surface area (Å²) in [6.07, 6.45) is 0.574. The highest BCUT2D eigenvalue weighted by atomic mass is 19.1. The van der Waals surface area contributed by atoms with Gasteiger partial charge in [0.05, 0.1) is 18.8 Å². The summed E-state index contributed by atoms with van der Waals surface area (Å²) in [5.41, 5.74) is 3.16. The topological polar surface area (TPSA) is 56.5 Å². The van der Waals surface area contributed by atoms with Crippen molar-refractivity contribution in [1.82, 2.24) is 5.43 Å². The van der Waals surface area contributed by atoms with Crippen LogP contribution in [0.1, 0.15) is 26.3 Å². The van der Waals surface area contributed by atoms with Gasteiger partial charge in [-0.25, -0.2) is 4.39 Å². The van der Waals surface area contributed by atoms with E-state index in [-0.39, 0.29) is 17.6 Å². The Kier molecular flexibility index (Phi) is 5.72. The molecule has 108 valence electrons. The number of nitrogens with two attached hydrogens (primary N) is 1. The number of hydrogen-bond acceptors (Lipinski definition) is 4. The van der Waals surface area contributed by atoms with Crippen molar-refractivity contribution in [2.45, 2.75) is 38.8 Å². The van der Waals surface area contributed by atoms with Gasteiger partial charge >= 0.3 is 0 Å². The van der Waals surface area contributed by atoms with Crippen LogP contribution in [0.5, 0.6) is 5.75 Å². The highest BCUT2D eigenvalue weighted by Crippen LogP contribution is 2.22. The first-order valence-corrected chi connectivity index (χ1v) is 6.37. The SMILES string of the molecule is CCOC(C)(C)C(Cc1ccc(OC)c(F)c1)NN. The molecule has 0 aliphatic carbocycles. The molecule has 0 aliphatic rings. The van der Waals surface area contributed by atoms with Gasteiger partial charge in [0.25, 0.3) is 0 Å². The maximum atomic E-state index is 13.6. The minimum absolute atomic E-state index is 0.111. The largest absolute Gasteiger partial charge is 0.494 e. The maximum absolute atomic E-state index is 13.6. The molecule has 0 saturated carbocycles. The Morgan fingerprint density at radius 1 is 1.42 bits per heavy atom. The molecule has 1 unspecified atom stereocenters. The number of hydrogen-bond donors (Lipinski definition) is 2. The molecule has 19 heavy (non-hydrogen) atoms. The van der Waals surface area contributed by atoms with Crippen LogP contribution in [-0.4, -0.2) is 25.4 Å². The molecule has 3 N–H and O–H groups in total. The van der Waals surface area contributed by atoms with Crippen LogP contribution in [0, 0.1) is 5.82 Å². The fourth-order valence-corrected chi connectivity index (χ4v) is 2.05. The zero-order valence-corrected chi connectivity index (χ0v) is 12.0. The number of hydrazine groups is 1. The van der Waals surface area contributed by atoms with Crippen LogP contribution < -0.4 is 16.0 Å². The lowest BCUT2D eigenvalue weighted by Gasteiger charge is -2.33. The van der Waals surface area contributed by atoms with Gasteiger partial charge in [0.15, 0.2) is 11.6 Å². The molecule has 0 aliphatic heterocycles. The summed E-state index contributed by atoms with van der Waals surface area (Å²) in [7, 11) is 1.44. The van der Waals surface area contributed by atoms with E-state index in [0.717, 1.165) is 5.56 Å². The normalized spacial score (nSPS) is 13.4. The second-order valence-electron chi connectivity index (χ2n) is 4.93. The van der Waals surface area contributed by atoms with Gasteiger partial charge in [-0.05, 0) is 44.9 Å². The average molecular weight is 270 g/mol. The van der Waals surface area contributed by atoms with E-state index in [4.69, 9.17) is 15.3 Å². The lowest BCUT2D eigenvalue weighted by molar-refractivity contribution is -0.0381. The van der Waals surface area contributed by atoms with Crippen LogP contribution >= 0.6 is 0 Å². The van der Waals surface area contributed by atoms with Crippen molar-refractivity contribution in [3.63, 3.8) is 0 Å². The van der Waals surface area contributed by atoms with Gasteiger partial charge < -0.3 is 9.47 Å². The summed E-state index contributed by atoms with van der Waals surface area (Å²) in [5, 5.41) is 0. The van der Waals surface area contributed by atoms with Crippen molar-refractivity contribution in [2.24, 2.45) is 5.84 Å². The van der Waals surface area contributed by atoms with E-state index in [0.29, 0.717) is 13.0 Å². The predicted octanol–water partition coefficient (Wildman–Crippen LogP) is 2.02. The van der Waals surface area contributed by atoms with Gasteiger partial charge in [0.2, 0.25) is 0 Å². The molecule has 0 aromatic heterocycles. The molecule has 0 saturated heterocycles. The Hall–Kier alpha value is -1.17. The Bertz CT molecular complexity index is 410. The molecule has 1 aromatic rings. The lowest BCUT2D eigenvalue weighted by Crippen LogP contribution is -2.52. The maximum Gasteiger partial charge on any atom is 0.165 e. The van der Waals surface area contributed by atoms with Crippen LogP contribution in [0.15, 0.2) is 18.2 Å². The first kappa shape index (κ1) is 15.9. The first-order valence-electron chi connectivity index (χ1n) is 6.37. The van der Waals surface area contributed by atoms with E-state index in [1.807, 2.05) is 26.8 Å². The number of nitrogens with one attached hydrogen (secondary N) is 1. The van der Waals surface area contributed by atoms with Crippen molar-refractivity contribution < 1.29 is 13.9 Å². The summed E-state index contributed by atoms with van der Waals surface area (Å²) in [4.78, 5) is 0. The smallest absolute Gasteiger partial charge is 0.165 e. The van der Waals surface area contributed by atoms with Crippen LogP contribution in [0.25, 0.3) is 0 Å². The van der Waals surface area contributed by atoms with Gasteiger partial charge in [-0.1, -0.05) is 6.07 Å². The second-order valence-corrected chi connectivity index (χ2v) is 4.93. The van der Waals surface area contributed by atoms with Gasteiger partial charge in [-0.2, -0.15) is 0 Å². The highest BCUT2D eigenvalue weighted by Gasteiger charge is 2.29. The molecular weight excluding hydrogens is 247 g/mol. The third-order valence-corrected chi connectivity index (χ3v) is 3.21. The molecule has 1 aromatic carbocycles. The molecule has 0 spiro atoms.